The van der Waals surface area contributed by atoms with Crippen LogP contribution in [0.3, 0.4) is 0 Å². The van der Waals surface area contributed by atoms with Crippen LogP contribution in [0.15, 0.2) is 72.0 Å². The topological polar surface area (TPSA) is 60.9 Å². The summed E-state index contributed by atoms with van der Waals surface area (Å²) in [7, 11) is 0. The van der Waals surface area contributed by atoms with E-state index in [0.717, 1.165) is 28.5 Å². The fourth-order valence-electron chi connectivity index (χ4n) is 2.62. The summed E-state index contributed by atoms with van der Waals surface area (Å²) < 4.78 is 2.11. The Balaban J connectivity index is 1.95. The lowest BCUT2D eigenvalue weighted by Gasteiger charge is -2.15. The monoisotopic (exact) mass is 337 g/mol. The maximum Gasteiger partial charge on any atom is 0.235 e. The molecule has 0 bridgehead atoms. The molecule has 1 heterocycles. The summed E-state index contributed by atoms with van der Waals surface area (Å²) in [6, 6.07) is 19.7. The Labute approximate surface area is 145 Å². The zero-order valence-corrected chi connectivity index (χ0v) is 14.2. The first-order valence-electron chi connectivity index (χ1n) is 7.82. The standard InChI is InChI=1S/C19H19N3OS/c1-2-22-16(14-9-5-3-6-10-14)13-21-19(22)24-17(18(20)23)15-11-7-4-8-12-15/h3-13,17H,2H2,1H3,(H2,20,23). The van der Waals surface area contributed by atoms with Gasteiger partial charge in [-0.25, -0.2) is 4.98 Å². The van der Waals surface area contributed by atoms with E-state index in [1.54, 1.807) is 0 Å². The molecule has 5 heteroatoms. The molecular weight excluding hydrogens is 318 g/mol. The van der Waals surface area contributed by atoms with Gasteiger partial charge in [0.2, 0.25) is 5.91 Å². The number of aromatic nitrogens is 2. The first-order chi connectivity index (χ1) is 11.7. The molecule has 0 saturated heterocycles. The van der Waals surface area contributed by atoms with Crippen molar-refractivity contribution < 1.29 is 4.79 Å². The van der Waals surface area contributed by atoms with Gasteiger partial charge in [0.15, 0.2) is 5.16 Å². The zero-order chi connectivity index (χ0) is 16.9. The van der Waals surface area contributed by atoms with Crippen LogP contribution in [0.2, 0.25) is 0 Å². The molecule has 0 spiro atoms. The molecule has 3 rings (SSSR count). The number of primary amides is 1. The lowest BCUT2D eigenvalue weighted by molar-refractivity contribution is -0.117. The van der Waals surface area contributed by atoms with Crippen LogP contribution in [0.1, 0.15) is 17.7 Å². The highest BCUT2D eigenvalue weighted by molar-refractivity contribution is 8.00. The number of hydrogen-bond acceptors (Lipinski definition) is 3. The minimum absolute atomic E-state index is 0.363. The Morgan fingerprint density at radius 1 is 1.12 bits per heavy atom. The quantitative estimate of drug-likeness (QED) is 0.694. The number of benzene rings is 2. The summed E-state index contributed by atoms with van der Waals surface area (Å²) in [5.74, 6) is -0.363. The fraction of sp³-hybridized carbons (Fsp3) is 0.158. The number of hydrogen-bond donors (Lipinski definition) is 1. The van der Waals surface area contributed by atoms with Crippen molar-refractivity contribution in [3.63, 3.8) is 0 Å². The summed E-state index contributed by atoms with van der Waals surface area (Å²) in [5.41, 5.74) is 8.66. The van der Waals surface area contributed by atoms with Crippen molar-refractivity contribution in [1.29, 1.82) is 0 Å². The van der Waals surface area contributed by atoms with E-state index in [1.165, 1.54) is 11.8 Å². The van der Waals surface area contributed by atoms with Gasteiger partial charge in [-0.15, -0.1) is 0 Å². The van der Waals surface area contributed by atoms with Crippen LogP contribution >= 0.6 is 11.8 Å². The molecule has 0 saturated carbocycles. The van der Waals surface area contributed by atoms with E-state index < -0.39 is 5.25 Å². The van der Waals surface area contributed by atoms with Gasteiger partial charge in [0.25, 0.3) is 0 Å². The van der Waals surface area contributed by atoms with Crippen molar-refractivity contribution in [2.45, 2.75) is 23.9 Å². The minimum Gasteiger partial charge on any atom is -0.368 e. The second-order valence-electron chi connectivity index (χ2n) is 5.35. The summed E-state index contributed by atoms with van der Waals surface area (Å²) in [4.78, 5) is 16.5. The summed E-state index contributed by atoms with van der Waals surface area (Å²) in [6.07, 6.45) is 1.85. The van der Waals surface area contributed by atoms with Gasteiger partial charge >= 0.3 is 0 Å². The van der Waals surface area contributed by atoms with Gasteiger partial charge in [-0.1, -0.05) is 72.4 Å². The molecule has 1 atom stereocenters. The largest absolute Gasteiger partial charge is 0.368 e. The third kappa shape index (κ3) is 3.36. The fourth-order valence-corrected chi connectivity index (χ4v) is 3.71. The molecule has 1 aromatic heterocycles. The molecule has 24 heavy (non-hydrogen) atoms. The molecule has 0 radical (unpaired) electrons. The molecule has 1 amide bonds. The Bertz CT molecular complexity index is 815. The van der Waals surface area contributed by atoms with E-state index in [9.17, 15) is 4.79 Å². The maximum absolute atomic E-state index is 11.9. The van der Waals surface area contributed by atoms with Crippen LogP contribution in [-0.4, -0.2) is 15.5 Å². The lowest BCUT2D eigenvalue weighted by Crippen LogP contribution is -2.19. The lowest BCUT2D eigenvalue weighted by atomic mass is 10.1. The second-order valence-corrected chi connectivity index (χ2v) is 6.42. The average Bonchev–Trinajstić information content (AvgIpc) is 3.03. The van der Waals surface area contributed by atoms with Crippen LogP contribution in [0.4, 0.5) is 0 Å². The Morgan fingerprint density at radius 3 is 2.33 bits per heavy atom. The van der Waals surface area contributed by atoms with Gasteiger partial charge < -0.3 is 10.3 Å². The highest BCUT2D eigenvalue weighted by atomic mass is 32.2. The maximum atomic E-state index is 11.9. The number of amides is 1. The number of thioether (sulfide) groups is 1. The van der Waals surface area contributed by atoms with Crippen LogP contribution in [-0.2, 0) is 11.3 Å². The number of carbonyl (C=O) groups excluding carboxylic acids is 1. The van der Waals surface area contributed by atoms with Crippen LogP contribution in [0.5, 0.6) is 0 Å². The number of nitrogens with zero attached hydrogens (tertiary/aromatic N) is 2. The number of carbonyl (C=O) groups is 1. The zero-order valence-electron chi connectivity index (χ0n) is 13.4. The Hall–Kier alpha value is -2.53. The van der Waals surface area contributed by atoms with Gasteiger partial charge in [-0.2, -0.15) is 0 Å². The Kier molecular flexibility index (Phi) is 5.01. The van der Waals surface area contributed by atoms with E-state index in [1.807, 2.05) is 54.7 Å². The van der Waals surface area contributed by atoms with Gasteiger partial charge in [0, 0.05) is 6.54 Å². The molecule has 122 valence electrons. The summed E-state index contributed by atoms with van der Waals surface area (Å²) in [6.45, 7) is 2.84. The van der Waals surface area contributed by atoms with Crippen molar-refractivity contribution in [3.8, 4) is 11.3 Å². The SMILES string of the molecule is CCn1c(-c2ccccc2)cnc1SC(C(N)=O)c1ccccc1. The van der Waals surface area contributed by atoms with Crippen molar-refractivity contribution >= 4 is 17.7 Å². The van der Waals surface area contributed by atoms with Gasteiger partial charge in [-0.05, 0) is 18.1 Å². The third-order valence-electron chi connectivity index (χ3n) is 3.79. The van der Waals surface area contributed by atoms with Crippen LogP contribution < -0.4 is 5.73 Å². The predicted octanol–water partition coefficient (Wildman–Crippen LogP) is 3.89. The van der Waals surface area contributed by atoms with Crippen LogP contribution in [0.25, 0.3) is 11.3 Å². The first kappa shape index (κ1) is 16.3. The first-order valence-corrected chi connectivity index (χ1v) is 8.70. The van der Waals surface area contributed by atoms with E-state index in [4.69, 9.17) is 5.73 Å². The molecule has 0 aliphatic carbocycles. The van der Waals surface area contributed by atoms with E-state index in [2.05, 4.69) is 28.6 Å². The van der Waals surface area contributed by atoms with E-state index >= 15 is 0 Å². The van der Waals surface area contributed by atoms with Crippen molar-refractivity contribution in [1.82, 2.24) is 9.55 Å². The summed E-state index contributed by atoms with van der Waals surface area (Å²) in [5, 5.41) is 0.339. The minimum atomic E-state index is -0.456. The number of imidazole rings is 1. The highest BCUT2D eigenvalue weighted by Crippen LogP contribution is 2.36. The van der Waals surface area contributed by atoms with Gasteiger partial charge in [0.1, 0.15) is 5.25 Å². The second kappa shape index (κ2) is 7.36. The van der Waals surface area contributed by atoms with Crippen LogP contribution in [0, 0.1) is 0 Å². The molecule has 0 aliphatic heterocycles. The van der Waals surface area contributed by atoms with Gasteiger partial charge in [-0.3, -0.25) is 4.79 Å². The highest BCUT2D eigenvalue weighted by Gasteiger charge is 2.22. The third-order valence-corrected chi connectivity index (χ3v) is 5.07. The normalized spacial score (nSPS) is 12.0. The summed E-state index contributed by atoms with van der Waals surface area (Å²) >= 11 is 1.39. The molecule has 4 nitrogen and oxygen atoms in total. The molecule has 3 aromatic rings. The molecule has 0 aliphatic rings. The van der Waals surface area contributed by atoms with Crippen molar-refractivity contribution in [2.24, 2.45) is 5.73 Å². The van der Waals surface area contributed by atoms with Gasteiger partial charge in [0.05, 0.1) is 11.9 Å². The smallest absolute Gasteiger partial charge is 0.235 e. The van der Waals surface area contributed by atoms with Crippen molar-refractivity contribution in [3.05, 3.63) is 72.4 Å². The Morgan fingerprint density at radius 2 is 1.75 bits per heavy atom. The molecule has 2 aromatic carbocycles. The van der Waals surface area contributed by atoms with E-state index in [0.29, 0.717) is 0 Å². The van der Waals surface area contributed by atoms with E-state index in [-0.39, 0.29) is 5.91 Å². The van der Waals surface area contributed by atoms with Crippen molar-refractivity contribution in [2.75, 3.05) is 0 Å². The average molecular weight is 337 g/mol. The molecule has 0 fully saturated rings. The molecule has 1 unspecified atom stereocenters. The predicted molar refractivity (Wildman–Crippen MR) is 97.6 cm³/mol. The molecular formula is C19H19N3OS. The number of rotatable bonds is 6. The number of nitrogens with two attached hydrogens (primary N) is 1. The molecule has 2 N–H and O–H groups in total.